The molecule has 0 N–H and O–H groups in total. The Labute approximate surface area is 101 Å². The van der Waals surface area contributed by atoms with Crippen LogP contribution >= 0.6 is 23.2 Å². The molecule has 0 aromatic carbocycles. The first kappa shape index (κ1) is 37.8. The van der Waals surface area contributed by atoms with Gasteiger partial charge in [0.25, 0.3) is 0 Å². The summed E-state index contributed by atoms with van der Waals surface area (Å²) in [6.07, 6.45) is 0. The van der Waals surface area contributed by atoms with Gasteiger partial charge in [-0.15, -0.1) is 89.0 Å². The number of hydrogen-bond donors (Lipinski definition) is 0. The highest BCUT2D eigenvalue weighted by atomic mass is 35.5. The lowest BCUT2D eigenvalue weighted by Gasteiger charge is -1.63. The Balaban J connectivity index is -0.0000000143. The monoisotopic (exact) mass is 238 g/mol. The summed E-state index contributed by atoms with van der Waals surface area (Å²) in [5.74, 6) is 1.11. The van der Waals surface area contributed by atoms with Crippen molar-refractivity contribution in [1.29, 1.82) is 0 Å². The van der Waals surface area contributed by atoms with Crippen molar-refractivity contribution in [1.82, 2.24) is 0 Å². The summed E-state index contributed by atoms with van der Waals surface area (Å²) < 4.78 is 0. The predicted octanol–water partition coefficient (Wildman–Crippen LogP) is 5.48. The molecule has 0 aromatic rings. The average molecular weight is 239 g/mol. The summed E-state index contributed by atoms with van der Waals surface area (Å²) in [4.78, 5) is 0. The fraction of sp³-hybridized carbons (Fsp3) is 0.167. The fourth-order valence-electron chi connectivity index (χ4n) is 0. The van der Waals surface area contributed by atoms with E-state index in [0.29, 0.717) is 11.8 Å². The molecular weight excluding hydrogens is 215 g/mol. The highest BCUT2D eigenvalue weighted by molar-refractivity contribution is 6.25. The summed E-state index contributed by atoms with van der Waals surface area (Å²) >= 11 is 10.1. The van der Waals surface area contributed by atoms with Gasteiger partial charge in [0.2, 0.25) is 0 Å². The summed E-state index contributed by atoms with van der Waals surface area (Å²) in [7, 11) is 0. The van der Waals surface area contributed by atoms with E-state index in [2.05, 4.69) is 65.8 Å². The quantitative estimate of drug-likeness (QED) is 0.420. The first-order valence-electron chi connectivity index (χ1n) is 3.53. The van der Waals surface area contributed by atoms with Crippen molar-refractivity contribution in [3.63, 3.8) is 0 Å². The molecule has 0 aliphatic heterocycles. The van der Waals surface area contributed by atoms with E-state index in [0.717, 1.165) is 0 Å². The molecule has 0 aliphatic carbocycles. The number of hydrogen-bond acceptors (Lipinski definition) is 0. The molecule has 14 heavy (non-hydrogen) atoms. The zero-order valence-corrected chi connectivity index (χ0v) is 10.8. The Kier molecular flexibility index (Phi) is 2570. The van der Waals surface area contributed by atoms with Crippen LogP contribution < -0.4 is 0 Å². The van der Waals surface area contributed by atoms with Crippen molar-refractivity contribution in [3.05, 3.63) is 65.8 Å². The topological polar surface area (TPSA) is 0 Å². The molecule has 0 rings (SSSR count). The second-order valence-corrected chi connectivity index (χ2v) is 1.13. The molecule has 0 aromatic heterocycles. The van der Waals surface area contributed by atoms with Crippen molar-refractivity contribution < 1.29 is 0 Å². The van der Waals surface area contributed by atoms with Crippen molar-refractivity contribution >= 4 is 23.2 Å². The zero-order chi connectivity index (χ0) is 13.4. The van der Waals surface area contributed by atoms with E-state index >= 15 is 0 Å². The maximum atomic E-state index is 5.05. The molecule has 0 atom stereocenters. The zero-order valence-electron chi connectivity index (χ0n) is 9.24. The SMILES string of the molecule is C=C.C=C.C=C.C=C.C=C.ClCCCl. The number of halogens is 2. The van der Waals surface area contributed by atoms with Crippen molar-refractivity contribution in [2.24, 2.45) is 0 Å². The van der Waals surface area contributed by atoms with Gasteiger partial charge in [-0.05, 0) is 0 Å². The van der Waals surface area contributed by atoms with E-state index in [1.165, 1.54) is 0 Å². The van der Waals surface area contributed by atoms with Crippen LogP contribution in [0.3, 0.4) is 0 Å². The Bertz CT molecular complexity index is 34.0. The molecule has 0 unspecified atom stereocenters. The van der Waals surface area contributed by atoms with Crippen LogP contribution in [0.15, 0.2) is 65.8 Å². The second kappa shape index (κ2) is 954. The van der Waals surface area contributed by atoms with Gasteiger partial charge >= 0.3 is 0 Å². The molecular formula is C12H24Cl2. The predicted molar refractivity (Wildman–Crippen MR) is 77.7 cm³/mol. The van der Waals surface area contributed by atoms with E-state index in [4.69, 9.17) is 23.2 Å². The van der Waals surface area contributed by atoms with Gasteiger partial charge in [-0.25, -0.2) is 0 Å². The van der Waals surface area contributed by atoms with Gasteiger partial charge in [-0.3, -0.25) is 0 Å². The minimum absolute atomic E-state index is 0.557. The largest absolute Gasteiger partial charge is 0.125 e. The van der Waals surface area contributed by atoms with Gasteiger partial charge in [-0.2, -0.15) is 0 Å². The van der Waals surface area contributed by atoms with Gasteiger partial charge < -0.3 is 0 Å². The van der Waals surface area contributed by atoms with Crippen LogP contribution in [-0.4, -0.2) is 11.8 Å². The Morgan fingerprint density at radius 3 is 0.500 bits per heavy atom. The van der Waals surface area contributed by atoms with Crippen LogP contribution in [-0.2, 0) is 0 Å². The van der Waals surface area contributed by atoms with Gasteiger partial charge in [0.05, 0.1) is 0 Å². The molecule has 0 spiro atoms. The molecule has 0 heterocycles. The Morgan fingerprint density at radius 2 is 0.500 bits per heavy atom. The lowest BCUT2D eigenvalue weighted by molar-refractivity contribution is 1.52. The van der Waals surface area contributed by atoms with Gasteiger partial charge in [-0.1, -0.05) is 0 Å². The molecule has 0 saturated carbocycles. The summed E-state index contributed by atoms with van der Waals surface area (Å²) in [5, 5.41) is 0. The highest BCUT2D eigenvalue weighted by Gasteiger charge is 1.61. The van der Waals surface area contributed by atoms with Crippen LogP contribution in [0.25, 0.3) is 0 Å². The third-order valence-electron chi connectivity index (χ3n) is 0.0714. The minimum Gasteiger partial charge on any atom is -0.125 e. The maximum absolute atomic E-state index is 5.05. The summed E-state index contributed by atoms with van der Waals surface area (Å²) in [6.45, 7) is 30.0. The second-order valence-electron chi connectivity index (χ2n) is 0.378. The fourth-order valence-corrected chi connectivity index (χ4v) is 0. The van der Waals surface area contributed by atoms with Gasteiger partial charge in [0.1, 0.15) is 0 Å². The molecule has 0 radical (unpaired) electrons. The first-order valence-corrected chi connectivity index (χ1v) is 4.60. The van der Waals surface area contributed by atoms with E-state index in [9.17, 15) is 0 Å². The lowest BCUT2D eigenvalue weighted by atomic mass is 11.0. The van der Waals surface area contributed by atoms with Crippen LogP contribution in [0.1, 0.15) is 0 Å². The van der Waals surface area contributed by atoms with E-state index in [-0.39, 0.29) is 0 Å². The third-order valence-corrected chi connectivity index (χ3v) is 0.643. The van der Waals surface area contributed by atoms with Crippen molar-refractivity contribution in [3.8, 4) is 0 Å². The Hall–Kier alpha value is -0.720. The molecule has 0 nitrogen and oxygen atoms in total. The third kappa shape index (κ3) is 15200. The standard InChI is InChI=1S/C2H4Cl2.5C2H4/c3-1-2-4;5*1-2/h1-2H2;5*1-2H2. The van der Waals surface area contributed by atoms with Gasteiger partial charge in [0, 0.05) is 11.8 Å². The molecule has 0 saturated heterocycles. The molecule has 0 amide bonds. The average Bonchev–Trinajstić information content (AvgIpc) is 2.41. The van der Waals surface area contributed by atoms with Crippen LogP contribution in [0.5, 0.6) is 0 Å². The summed E-state index contributed by atoms with van der Waals surface area (Å²) in [5.41, 5.74) is 0. The first-order chi connectivity index (χ1) is 6.91. The molecule has 0 bridgehead atoms. The van der Waals surface area contributed by atoms with Crippen molar-refractivity contribution in [2.75, 3.05) is 11.8 Å². The highest BCUT2D eigenvalue weighted by Crippen LogP contribution is 1.75. The normalized spacial score (nSPS) is 3.57. The number of alkyl halides is 2. The molecule has 0 fully saturated rings. The van der Waals surface area contributed by atoms with E-state index in [1.807, 2.05) is 0 Å². The van der Waals surface area contributed by atoms with E-state index < -0.39 is 0 Å². The smallest absolute Gasteiger partial charge is 0.0359 e. The van der Waals surface area contributed by atoms with E-state index in [1.54, 1.807) is 0 Å². The van der Waals surface area contributed by atoms with Crippen LogP contribution in [0.2, 0.25) is 0 Å². The molecule has 2 heteroatoms. The maximum Gasteiger partial charge on any atom is 0.0359 e. The minimum atomic E-state index is 0.557. The van der Waals surface area contributed by atoms with Crippen LogP contribution in [0.4, 0.5) is 0 Å². The van der Waals surface area contributed by atoms with Crippen LogP contribution in [0, 0.1) is 0 Å². The molecule has 86 valence electrons. The lowest BCUT2D eigenvalue weighted by Crippen LogP contribution is -1.63. The van der Waals surface area contributed by atoms with Gasteiger partial charge in [0.15, 0.2) is 0 Å². The molecule has 0 aliphatic rings. The Morgan fingerprint density at radius 1 is 0.429 bits per heavy atom. The number of rotatable bonds is 1. The van der Waals surface area contributed by atoms with Crippen molar-refractivity contribution in [2.45, 2.75) is 0 Å². The summed E-state index contributed by atoms with van der Waals surface area (Å²) in [6, 6.07) is 0.